The van der Waals surface area contributed by atoms with Crippen molar-refractivity contribution in [2.45, 2.75) is 62.9 Å². The lowest BCUT2D eigenvalue weighted by Crippen LogP contribution is -2.54. The zero-order chi connectivity index (χ0) is 29.2. The van der Waals surface area contributed by atoms with Gasteiger partial charge in [0.05, 0.1) is 35.8 Å². The molecular formula is C34H36N4O4. The normalized spacial score (nSPS) is 21.6. The molecule has 2 aliphatic heterocycles. The Morgan fingerprint density at radius 2 is 1.81 bits per heavy atom. The number of likely N-dealkylation sites (N-methyl/N-ethyl adjacent to an activating group) is 1. The fraction of sp³-hybridized carbons (Fsp3) is 0.382. The van der Waals surface area contributed by atoms with Crippen molar-refractivity contribution in [3.8, 4) is 11.8 Å². The molecule has 8 nitrogen and oxygen atoms in total. The van der Waals surface area contributed by atoms with Gasteiger partial charge in [0, 0.05) is 32.4 Å². The van der Waals surface area contributed by atoms with Crippen LogP contribution in [-0.2, 0) is 28.9 Å². The lowest BCUT2D eigenvalue weighted by Gasteiger charge is -2.42. The Morgan fingerprint density at radius 1 is 1.07 bits per heavy atom. The zero-order valence-corrected chi connectivity index (χ0v) is 24.1. The van der Waals surface area contributed by atoms with E-state index in [0.29, 0.717) is 42.9 Å². The SMILES string of the molecule is CN(Cc1ccc(C#N)cc1)c1ccc2c(c1)C(=O)N(C)[C@H]1CC[C@@H](CC(=O)NC3Cc4ccccc4C3)O[C@H]1CO2. The van der Waals surface area contributed by atoms with Crippen LogP contribution in [0.4, 0.5) is 5.69 Å². The predicted molar refractivity (Wildman–Crippen MR) is 159 cm³/mol. The fourth-order valence-electron chi connectivity index (χ4n) is 6.46. The molecule has 3 aliphatic rings. The van der Waals surface area contributed by atoms with Crippen molar-refractivity contribution in [2.24, 2.45) is 0 Å². The standard InChI is InChI=1S/C34H36N4O4/c1-37(20-23-9-7-22(19-35)8-10-23)27-11-14-31-29(17-27)34(40)38(2)30-13-12-28(42-32(30)21-41-31)18-33(39)36-26-15-24-5-3-4-6-25(24)16-26/h3-11,14,17,26,28,30,32H,12-13,15-16,18,20-21H2,1-2H3,(H,36,39)/t28-,30-,32-/m0/s1. The van der Waals surface area contributed by atoms with Crippen LogP contribution in [0.1, 0.15) is 51.9 Å². The first-order valence-electron chi connectivity index (χ1n) is 14.6. The summed E-state index contributed by atoms with van der Waals surface area (Å²) in [6, 6.07) is 23.7. The Balaban J connectivity index is 1.08. The average Bonchev–Trinajstić information content (AvgIpc) is 3.41. The van der Waals surface area contributed by atoms with E-state index in [1.807, 2.05) is 68.7 Å². The van der Waals surface area contributed by atoms with E-state index in [1.165, 1.54) is 11.1 Å². The van der Waals surface area contributed by atoms with Gasteiger partial charge in [0.25, 0.3) is 5.91 Å². The third-order valence-corrected chi connectivity index (χ3v) is 8.77. The van der Waals surface area contributed by atoms with Gasteiger partial charge in [0.1, 0.15) is 18.5 Å². The second-order valence-corrected chi connectivity index (χ2v) is 11.7. The molecule has 3 atom stereocenters. The maximum atomic E-state index is 13.7. The third-order valence-electron chi connectivity index (χ3n) is 8.77. The molecule has 1 aliphatic carbocycles. The fourth-order valence-corrected chi connectivity index (χ4v) is 6.46. The Labute approximate surface area is 246 Å². The first-order chi connectivity index (χ1) is 20.4. The van der Waals surface area contributed by atoms with Crippen LogP contribution in [0.25, 0.3) is 0 Å². The number of carbonyl (C=O) groups excluding carboxylic acids is 2. The number of hydrogen-bond acceptors (Lipinski definition) is 6. The van der Waals surface area contributed by atoms with E-state index in [0.717, 1.165) is 30.5 Å². The average molecular weight is 565 g/mol. The van der Waals surface area contributed by atoms with Gasteiger partial charge in [-0.15, -0.1) is 0 Å². The number of fused-ring (bicyclic) bond motifs is 3. The predicted octanol–water partition coefficient (Wildman–Crippen LogP) is 4.25. The highest BCUT2D eigenvalue weighted by molar-refractivity contribution is 5.98. The minimum atomic E-state index is -0.312. The number of anilines is 1. The first kappa shape index (κ1) is 27.8. The number of rotatable bonds is 6. The molecule has 42 heavy (non-hydrogen) atoms. The number of benzene rings is 3. The van der Waals surface area contributed by atoms with Crippen LogP contribution in [0.2, 0.25) is 0 Å². The molecule has 2 amide bonds. The molecule has 8 heteroatoms. The van der Waals surface area contributed by atoms with Crippen LogP contribution < -0.4 is 15.0 Å². The number of nitriles is 1. The number of nitrogens with zero attached hydrogens (tertiary/aromatic N) is 3. The highest BCUT2D eigenvalue weighted by Gasteiger charge is 2.39. The van der Waals surface area contributed by atoms with E-state index >= 15 is 0 Å². The Morgan fingerprint density at radius 3 is 2.52 bits per heavy atom. The smallest absolute Gasteiger partial charge is 0.257 e. The van der Waals surface area contributed by atoms with Crippen molar-refractivity contribution < 1.29 is 19.1 Å². The number of ether oxygens (including phenoxy) is 2. The van der Waals surface area contributed by atoms with E-state index in [4.69, 9.17) is 14.7 Å². The summed E-state index contributed by atoms with van der Waals surface area (Å²) >= 11 is 0. The summed E-state index contributed by atoms with van der Waals surface area (Å²) in [5.74, 6) is 0.439. The van der Waals surface area contributed by atoms with Gasteiger partial charge >= 0.3 is 0 Å². The molecule has 1 fully saturated rings. The quantitative estimate of drug-likeness (QED) is 0.481. The Kier molecular flexibility index (Phi) is 7.86. The second-order valence-electron chi connectivity index (χ2n) is 11.7. The van der Waals surface area contributed by atoms with E-state index in [-0.39, 0.29) is 36.1 Å². The van der Waals surface area contributed by atoms with E-state index in [1.54, 1.807) is 4.90 Å². The molecule has 0 radical (unpaired) electrons. The van der Waals surface area contributed by atoms with Gasteiger partial charge in [-0.1, -0.05) is 36.4 Å². The van der Waals surface area contributed by atoms with Crippen LogP contribution in [0.15, 0.2) is 66.7 Å². The summed E-state index contributed by atoms with van der Waals surface area (Å²) < 4.78 is 12.6. The van der Waals surface area contributed by atoms with E-state index in [9.17, 15) is 9.59 Å². The maximum Gasteiger partial charge on any atom is 0.257 e. The summed E-state index contributed by atoms with van der Waals surface area (Å²) in [5, 5.41) is 12.3. The van der Waals surface area contributed by atoms with Gasteiger partial charge in [-0.3, -0.25) is 9.59 Å². The van der Waals surface area contributed by atoms with Crippen molar-refractivity contribution in [1.82, 2.24) is 10.2 Å². The lowest BCUT2D eigenvalue weighted by atomic mass is 9.94. The molecule has 0 bridgehead atoms. The van der Waals surface area contributed by atoms with Gasteiger partial charge < -0.3 is 24.6 Å². The van der Waals surface area contributed by atoms with Crippen molar-refractivity contribution >= 4 is 17.5 Å². The van der Waals surface area contributed by atoms with Gasteiger partial charge in [-0.25, -0.2) is 0 Å². The second kappa shape index (κ2) is 11.9. The highest BCUT2D eigenvalue weighted by Crippen LogP contribution is 2.33. The number of nitrogens with one attached hydrogen (secondary N) is 1. The first-order valence-corrected chi connectivity index (χ1v) is 14.6. The summed E-state index contributed by atoms with van der Waals surface area (Å²) in [7, 11) is 3.81. The van der Waals surface area contributed by atoms with Crippen molar-refractivity contribution in [3.63, 3.8) is 0 Å². The minimum Gasteiger partial charge on any atom is -0.490 e. The molecule has 0 aromatic heterocycles. The number of carbonyl (C=O) groups is 2. The van der Waals surface area contributed by atoms with Crippen LogP contribution in [0, 0.1) is 11.3 Å². The maximum absolute atomic E-state index is 13.7. The van der Waals surface area contributed by atoms with Crippen molar-refractivity contribution in [3.05, 3.63) is 94.5 Å². The molecule has 3 aromatic carbocycles. The molecule has 2 heterocycles. The largest absolute Gasteiger partial charge is 0.490 e. The van der Waals surface area contributed by atoms with E-state index < -0.39 is 0 Å². The molecule has 0 saturated carbocycles. The molecule has 0 unspecified atom stereocenters. The topological polar surface area (TPSA) is 94.9 Å². The van der Waals surface area contributed by atoms with Gasteiger partial charge in [-0.05, 0) is 72.7 Å². The molecular weight excluding hydrogens is 528 g/mol. The lowest BCUT2D eigenvalue weighted by molar-refractivity contribution is -0.134. The number of amides is 2. The monoisotopic (exact) mass is 564 g/mol. The molecule has 216 valence electrons. The summed E-state index contributed by atoms with van der Waals surface area (Å²) in [5.41, 5.74) is 5.75. The van der Waals surface area contributed by atoms with Crippen LogP contribution in [0.3, 0.4) is 0 Å². The third kappa shape index (κ3) is 5.83. The zero-order valence-electron chi connectivity index (χ0n) is 24.1. The molecule has 6 rings (SSSR count). The highest BCUT2D eigenvalue weighted by atomic mass is 16.5. The van der Waals surface area contributed by atoms with Crippen LogP contribution in [0.5, 0.6) is 5.75 Å². The van der Waals surface area contributed by atoms with Gasteiger partial charge in [0.15, 0.2) is 0 Å². The summed E-state index contributed by atoms with van der Waals surface area (Å²) in [6.45, 7) is 0.947. The van der Waals surface area contributed by atoms with Crippen molar-refractivity contribution in [2.75, 3.05) is 25.6 Å². The van der Waals surface area contributed by atoms with Gasteiger partial charge in [0.2, 0.25) is 5.91 Å². The van der Waals surface area contributed by atoms with Crippen LogP contribution in [-0.4, -0.2) is 61.7 Å². The summed E-state index contributed by atoms with van der Waals surface area (Å²) in [6.07, 6.45) is 2.97. The van der Waals surface area contributed by atoms with E-state index in [2.05, 4.69) is 28.4 Å². The summed E-state index contributed by atoms with van der Waals surface area (Å²) in [4.78, 5) is 30.4. The van der Waals surface area contributed by atoms with Crippen LogP contribution >= 0.6 is 0 Å². The van der Waals surface area contributed by atoms with Gasteiger partial charge in [-0.2, -0.15) is 5.26 Å². The number of hydrogen-bond donors (Lipinski definition) is 1. The molecule has 1 saturated heterocycles. The molecule has 1 N–H and O–H groups in total. The minimum absolute atomic E-state index is 0.00968. The molecule has 3 aromatic rings. The Hall–Kier alpha value is -4.35. The molecule has 0 spiro atoms. The Bertz CT molecular complexity index is 1490. The van der Waals surface area contributed by atoms with Crippen molar-refractivity contribution in [1.29, 1.82) is 5.26 Å².